The Morgan fingerprint density at radius 3 is 2.51 bits per heavy atom. The number of hydrogen-bond acceptors (Lipinski definition) is 7. The van der Waals surface area contributed by atoms with E-state index in [0.717, 1.165) is 55.2 Å². The van der Waals surface area contributed by atoms with E-state index in [9.17, 15) is 9.59 Å². The lowest BCUT2D eigenvalue weighted by Gasteiger charge is -2.32. The van der Waals surface area contributed by atoms with Crippen LogP contribution in [-0.4, -0.2) is 62.0 Å². The van der Waals surface area contributed by atoms with Gasteiger partial charge in [-0.05, 0) is 48.3 Å². The number of methoxy groups -OCH3 is 1. The highest BCUT2D eigenvalue weighted by molar-refractivity contribution is 7.08. The Labute approximate surface area is 209 Å². The van der Waals surface area contributed by atoms with E-state index in [0.29, 0.717) is 16.8 Å². The van der Waals surface area contributed by atoms with Crippen LogP contribution in [0, 0.1) is 0 Å². The number of esters is 1. The predicted molar refractivity (Wildman–Crippen MR) is 140 cm³/mol. The number of carbonyl (C=O) groups is 2. The summed E-state index contributed by atoms with van der Waals surface area (Å²) in [5.74, 6) is -0.644. The third kappa shape index (κ3) is 5.00. The van der Waals surface area contributed by atoms with Gasteiger partial charge >= 0.3 is 5.97 Å². The Kier molecular flexibility index (Phi) is 6.68. The van der Waals surface area contributed by atoms with Crippen LogP contribution in [0.1, 0.15) is 27.0 Å². The number of benzene rings is 2. The predicted octanol–water partition coefficient (Wildman–Crippen LogP) is 4.21. The molecule has 8 heteroatoms. The molecule has 180 valence electrons. The van der Waals surface area contributed by atoms with Crippen LogP contribution >= 0.6 is 11.3 Å². The van der Waals surface area contributed by atoms with Gasteiger partial charge in [-0.1, -0.05) is 18.2 Å². The van der Waals surface area contributed by atoms with Crippen molar-refractivity contribution in [3.8, 4) is 0 Å². The number of piperazine rings is 1. The van der Waals surface area contributed by atoms with Gasteiger partial charge in [-0.3, -0.25) is 9.69 Å². The third-order valence-corrected chi connectivity index (χ3v) is 7.15. The van der Waals surface area contributed by atoms with Crippen molar-refractivity contribution < 1.29 is 14.3 Å². The summed E-state index contributed by atoms with van der Waals surface area (Å²) < 4.78 is 4.82. The number of thiophene rings is 1. The van der Waals surface area contributed by atoms with Gasteiger partial charge in [0, 0.05) is 54.9 Å². The molecular weight excluding hydrogens is 460 g/mol. The fourth-order valence-electron chi connectivity index (χ4n) is 4.45. The van der Waals surface area contributed by atoms with Crippen molar-refractivity contribution >= 4 is 45.9 Å². The van der Waals surface area contributed by atoms with Crippen LogP contribution < -0.4 is 10.6 Å². The lowest BCUT2D eigenvalue weighted by molar-refractivity contribution is -0.110. The van der Waals surface area contributed by atoms with Gasteiger partial charge in [0.05, 0.1) is 29.6 Å². The minimum absolute atomic E-state index is 0.206. The number of rotatable bonds is 6. The van der Waals surface area contributed by atoms with Gasteiger partial charge in [0.25, 0.3) is 5.91 Å². The molecule has 1 saturated heterocycles. The number of anilines is 2. The molecule has 35 heavy (non-hydrogen) atoms. The number of ether oxygens (including phenoxy) is 1. The van der Waals surface area contributed by atoms with Crippen molar-refractivity contribution in [1.29, 1.82) is 0 Å². The van der Waals surface area contributed by atoms with E-state index in [1.54, 1.807) is 29.5 Å². The minimum Gasteiger partial charge on any atom is -0.465 e. The van der Waals surface area contributed by atoms with E-state index in [2.05, 4.69) is 51.7 Å². The first-order valence-electron chi connectivity index (χ1n) is 11.6. The Morgan fingerprint density at radius 1 is 1.06 bits per heavy atom. The number of amides is 1. The average molecular weight is 489 g/mol. The first-order chi connectivity index (χ1) is 17.0. The number of carbonyl (C=O) groups excluding carboxylic acids is 2. The highest BCUT2D eigenvalue weighted by Crippen LogP contribution is 2.38. The fraction of sp³-hybridized carbons (Fsp3) is 0.259. The third-order valence-electron chi connectivity index (χ3n) is 6.47. The summed E-state index contributed by atoms with van der Waals surface area (Å²) >= 11 is 1.58. The number of likely N-dealkylation sites (N-methyl/N-ethyl adjacent to an activating group) is 1. The van der Waals surface area contributed by atoms with Crippen LogP contribution in [0.5, 0.6) is 0 Å². The maximum Gasteiger partial charge on any atom is 0.337 e. The van der Waals surface area contributed by atoms with Gasteiger partial charge in [0.1, 0.15) is 0 Å². The van der Waals surface area contributed by atoms with E-state index in [1.807, 2.05) is 16.8 Å². The molecule has 2 aliphatic rings. The molecule has 0 saturated carbocycles. The zero-order valence-corrected chi connectivity index (χ0v) is 20.7. The first-order valence-corrected chi connectivity index (χ1v) is 12.5. The molecule has 2 N–H and O–H groups in total. The summed E-state index contributed by atoms with van der Waals surface area (Å²) in [6, 6.07) is 15.5. The van der Waals surface area contributed by atoms with Crippen LogP contribution in [0.2, 0.25) is 0 Å². The second kappa shape index (κ2) is 10.0. The molecule has 0 atom stereocenters. The molecule has 1 aromatic heterocycles. The quantitative estimate of drug-likeness (QED) is 0.400. The number of nitrogens with zero attached hydrogens (tertiary/aromatic N) is 2. The highest BCUT2D eigenvalue weighted by Gasteiger charge is 2.29. The van der Waals surface area contributed by atoms with Crippen LogP contribution in [0.3, 0.4) is 0 Å². The normalized spacial score (nSPS) is 17.6. The second-order valence-corrected chi connectivity index (χ2v) is 9.65. The molecule has 3 heterocycles. The maximum absolute atomic E-state index is 13.1. The summed E-state index contributed by atoms with van der Waals surface area (Å²) in [5.41, 5.74) is 6.15. The molecule has 0 spiro atoms. The summed E-state index contributed by atoms with van der Waals surface area (Å²) in [6.07, 6.45) is 0. The molecule has 1 fully saturated rings. The SMILES string of the molecule is COC(=O)c1ccc2c(c1)NC(=O)/C2=C(\Nc1ccc(CN2CCN(C)CC2)cc1)c1ccsc1. The minimum atomic E-state index is -0.438. The topological polar surface area (TPSA) is 73.9 Å². The lowest BCUT2D eigenvalue weighted by atomic mass is 10.00. The molecule has 0 bridgehead atoms. The molecule has 0 unspecified atom stereocenters. The van der Waals surface area contributed by atoms with Crippen molar-refractivity contribution in [2.24, 2.45) is 0 Å². The van der Waals surface area contributed by atoms with Crippen molar-refractivity contribution in [3.05, 3.63) is 81.5 Å². The summed E-state index contributed by atoms with van der Waals surface area (Å²) in [5, 5.41) is 10.4. The molecule has 7 nitrogen and oxygen atoms in total. The van der Waals surface area contributed by atoms with Gasteiger partial charge in [-0.15, -0.1) is 0 Å². The van der Waals surface area contributed by atoms with E-state index in [4.69, 9.17) is 4.74 Å². The number of fused-ring (bicyclic) bond motifs is 1. The van der Waals surface area contributed by atoms with E-state index >= 15 is 0 Å². The summed E-state index contributed by atoms with van der Waals surface area (Å²) in [7, 11) is 3.51. The van der Waals surface area contributed by atoms with Crippen molar-refractivity contribution in [1.82, 2.24) is 9.80 Å². The zero-order valence-electron chi connectivity index (χ0n) is 19.8. The number of hydrogen-bond donors (Lipinski definition) is 2. The zero-order chi connectivity index (χ0) is 24.4. The van der Waals surface area contributed by atoms with Crippen molar-refractivity contribution in [2.75, 3.05) is 51.0 Å². The van der Waals surface area contributed by atoms with Crippen molar-refractivity contribution in [3.63, 3.8) is 0 Å². The summed E-state index contributed by atoms with van der Waals surface area (Å²) in [6.45, 7) is 5.29. The van der Waals surface area contributed by atoms with Crippen LogP contribution in [0.25, 0.3) is 11.3 Å². The highest BCUT2D eigenvalue weighted by atomic mass is 32.1. The lowest BCUT2D eigenvalue weighted by Crippen LogP contribution is -2.43. The van der Waals surface area contributed by atoms with E-state index < -0.39 is 5.97 Å². The van der Waals surface area contributed by atoms with Crippen LogP contribution in [0.15, 0.2) is 59.3 Å². The maximum atomic E-state index is 13.1. The average Bonchev–Trinajstić information content (AvgIpc) is 3.52. The van der Waals surface area contributed by atoms with Gasteiger partial charge in [0.15, 0.2) is 0 Å². The smallest absolute Gasteiger partial charge is 0.337 e. The molecular formula is C27H28N4O3S. The van der Waals surface area contributed by atoms with E-state index in [1.165, 1.54) is 12.7 Å². The van der Waals surface area contributed by atoms with Gasteiger partial charge in [-0.2, -0.15) is 11.3 Å². The van der Waals surface area contributed by atoms with Crippen LogP contribution in [-0.2, 0) is 16.1 Å². The molecule has 0 aliphatic carbocycles. The second-order valence-electron chi connectivity index (χ2n) is 8.87. The van der Waals surface area contributed by atoms with Crippen molar-refractivity contribution in [2.45, 2.75) is 6.54 Å². The van der Waals surface area contributed by atoms with Gasteiger partial charge in [-0.25, -0.2) is 4.79 Å². The molecule has 5 rings (SSSR count). The Hall–Kier alpha value is -3.46. The molecule has 0 radical (unpaired) electrons. The Morgan fingerprint density at radius 2 is 1.83 bits per heavy atom. The largest absolute Gasteiger partial charge is 0.465 e. The fourth-order valence-corrected chi connectivity index (χ4v) is 5.10. The molecule has 2 aromatic carbocycles. The summed E-state index contributed by atoms with van der Waals surface area (Å²) in [4.78, 5) is 29.9. The molecule has 2 aliphatic heterocycles. The van der Waals surface area contributed by atoms with Crippen LogP contribution in [0.4, 0.5) is 11.4 Å². The van der Waals surface area contributed by atoms with E-state index in [-0.39, 0.29) is 5.91 Å². The Balaban J connectivity index is 1.43. The number of nitrogens with one attached hydrogen (secondary N) is 2. The first kappa shape index (κ1) is 23.3. The Bertz CT molecular complexity index is 1260. The monoisotopic (exact) mass is 488 g/mol. The van der Waals surface area contributed by atoms with Gasteiger partial charge in [0.2, 0.25) is 0 Å². The molecule has 3 aromatic rings. The molecule has 1 amide bonds. The standard InChI is InChI=1S/C27H28N4O3S/c1-30-10-12-31(13-11-30)16-18-3-6-21(7-4-18)28-25(20-9-14-35-17-20)24-22-8-5-19(27(33)34-2)15-23(22)29-26(24)32/h3-9,14-15,17,28H,10-13,16H2,1-2H3,(H,29,32)/b25-24-. The van der Waals surface area contributed by atoms with Gasteiger partial charge < -0.3 is 20.3 Å².